The lowest BCUT2D eigenvalue weighted by molar-refractivity contribution is -0.155. The molecule has 3 N–H and O–H groups in total. The molecule has 0 radical (unpaired) electrons. The standard InChI is InChI=1S/C26H30N4O4/c27-24(33)21-11-12-22(31)30(21)26(25(34)28-18-20-9-5-2-6-10-20)13-15-29(16-14-26)23(32)17-19-7-3-1-4-8-19/h1-10,21H,11-18H2,(H2,27,33)(H,28,34)/t21-/m0/s1. The Balaban J connectivity index is 1.53. The van der Waals surface area contributed by atoms with Gasteiger partial charge in [0.1, 0.15) is 11.6 Å². The summed E-state index contributed by atoms with van der Waals surface area (Å²) in [5, 5.41) is 2.96. The van der Waals surface area contributed by atoms with E-state index >= 15 is 0 Å². The second kappa shape index (κ2) is 10.1. The Morgan fingerprint density at radius 2 is 1.53 bits per heavy atom. The van der Waals surface area contributed by atoms with Crippen LogP contribution in [0.2, 0.25) is 0 Å². The van der Waals surface area contributed by atoms with Crippen molar-refractivity contribution in [3.05, 3.63) is 71.8 Å². The number of benzene rings is 2. The minimum absolute atomic E-state index is 0.0244. The molecule has 2 aliphatic rings. The molecule has 2 heterocycles. The molecule has 0 aliphatic carbocycles. The topological polar surface area (TPSA) is 113 Å². The van der Waals surface area contributed by atoms with E-state index in [9.17, 15) is 19.2 Å². The van der Waals surface area contributed by atoms with Crippen LogP contribution in [0.25, 0.3) is 0 Å². The van der Waals surface area contributed by atoms with Crippen LogP contribution in [0.4, 0.5) is 0 Å². The van der Waals surface area contributed by atoms with Crippen molar-refractivity contribution in [3.63, 3.8) is 0 Å². The van der Waals surface area contributed by atoms with E-state index in [0.717, 1.165) is 11.1 Å². The third-order valence-corrected chi connectivity index (χ3v) is 6.86. The molecule has 178 valence electrons. The van der Waals surface area contributed by atoms with Crippen molar-refractivity contribution in [3.8, 4) is 0 Å². The van der Waals surface area contributed by atoms with Crippen LogP contribution >= 0.6 is 0 Å². The summed E-state index contributed by atoms with van der Waals surface area (Å²) in [6, 6.07) is 18.2. The zero-order valence-corrected chi connectivity index (χ0v) is 19.1. The number of rotatable bonds is 7. The van der Waals surface area contributed by atoms with E-state index in [1.54, 1.807) is 4.90 Å². The Bertz CT molecular complexity index is 1050. The van der Waals surface area contributed by atoms with Gasteiger partial charge < -0.3 is 20.9 Å². The Morgan fingerprint density at radius 1 is 0.941 bits per heavy atom. The van der Waals surface area contributed by atoms with Gasteiger partial charge in [0.05, 0.1) is 6.42 Å². The lowest BCUT2D eigenvalue weighted by Gasteiger charge is -2.47. The van der Waals surface area contributed by atoms with Crippen molar-refractivity contribution in [2.75, 3.05) is 13.1 Å². The van der Waals surface area contributed by atoms with Crippen molar-refractivity contribution < 1.29 is 19.2 Å². The van der Waals surface area contributed by atoms with Crippen LogP contribution < -0.4 is 11.1 Å². The summed E-state index contributed by atoms with van der Waals surface area (Å²) in [4.78, 5) is 54.7. The maximum atomic E-state index is 13.6. The maximum absolute atomic E-state index is 13.6. The molecule has 34 heavy (non-hydrogen) atoms. The van der Waals surface area contributed by atoms with Gasteiger partial charge in [0, 0.05) is 26.1 Å². The van der Waals surface area contributed by atoms with Crippen LogP contribution in [0.15, 0.2) is 60.7 Å². The monoisotopic (exact) mass is 462 g/mol. The number of hydrogen-bond donors (Lipinski definition) is 2. The van der Waals surface area contributed by atoms with E-state index in [2.05, 4.69) is 5.32 Å². The van der Waals surface area contributed by atoms with Gasteiger partial charge in [-0.1, -0.05) is 60.7 Å². The molecule has 8 nitrogen and oxygen atoms in total. The van der Waals surface area contributed by atoms with E-state index in [4.69, 9.17) is 5.73 Å². The lowest BCUT2D eigenvalue weighted by Crippen LogP contribution is -2.67. The normalized spacial score (nSPS) is 19.6. The van der Waals surface area contributed by atoms with Crippen molar-refractivity contribution >= 4 is 23.6 Å². The molecule has 2 saturated heterocycles. The Labute approximate surface area is 199 Å². The van der Waals surface area contributed by atoms with Gasteiger partial charge in [0.2, 0.25) is 23.6 Å². The third kappa shape index (κ3) is 4.81. The van der Waals surface area contributed by atoms with Gasteiger partial charge in [-0.05, 0) is 30.4 Å². The first-order valence-electron chi connectivity index (χ1n) is 11.7. The highest BCUT2D eigenvalue weighted by Gasteiger charge is 2.54. The molecule has 0 aromatic heterocycles. The number of likely N-dealkylation sites (tertiary alicyclic amines) is 2. The molecule has 0 spiro atoms. The first kappa shape index (κ1) is 23.5. The average molecular weight is 463 g/mol. The number of carbonyl (C=O) groups is 4. The predicted molar refractivity (Wildman–Crippen MR) is 126 cm³/mol. The van der Waals surface area contributed by atoms with E-state index in [-0.39, 0.29) is 43.4 Å². The summed E-state index contributed by atoms with van der Waals surface area (Å²) in [6.45, 7) is 0.945. The first-order valence-corrected chi connectivity index (χ1v) is 11.7. The zero-order chi connectivity index (χ0) is 24.1. The zero-order valence-electron chi connectivity index (χ0n) is 19.1. The molecule has 2 aromatic rings. The fraction of sp³-hybridized carbons (Fsp3) is 0.385. The second-order valence-corrected chi connectivity index (χ2v) is 8.96. The number of carbonyl (C=O) groups excluding carboxylic acids is 4. The Morgan fingerprint density at radius 3 is 2.12 bits per heavy atom. The van der Waals surface area contributed by atoms with Gasteiger partial charge in [-0.3, -0.25) is 19.2 Å². The van der Waals surface area contributed by atoms with Crippen LogP contribution in [-0.4, -0.2) is 58.1 Å². The molecule has 2 fully saturated rings. The van der Waals surface area contributed by atoms with Gasteiger partial charge in [0.15, 0.2) is 0 Å². The number of amides is 4. The number of primary amides is 1. The number of nitrogens with zero attached hydrogens (tertiary/aromatic N) is 2. The van der Waals surface area contributed by atoms with Crippen molar-refractivity contribution in [1.82, 2.24) is 15.1 Å². The Hall–Kier alpha value is -3.68. The van der Waals surface area contributed by atoms with Crippen LogP contribution in [0.3, 0.4) is 0 Å². The van der Waals surface area contributed by atoms with Crippen molar-refractivity contribution in [1.29, 1.82) is 0 Å². The minimum atomic E-state index is -1.22. The van der Waals surface area contributed by atoms with E-state index in [1.165, 1.54) is 4.90 Å². The highest BCUT2D eigenvalue weighted by Crippen LogP contribution is 2.36. The van der Waals surface area contributed by atoms with Crippen molar-refractivity contribution in [2.45, 2.75) is 50.2 Å². The van der Waals surface area contributed by atoms with Crippen LogP contribution in [0.5, 0.6) is 0 Å². The SMILES string of the molecule is NC(=O)[C@@H]1CCC(=O)N1C1(C(=O)NCc2ccccc2)CCN(C(=O)Cc2ccccc2)CC1. The third-order valence-electron chi connectivity index (χ3n) is 6.86. The molecular weight excluding hydrogens is 432 g/mol. The average Bonchev–Trinajstić information content (AvgIpc) is 3.26. The van der Waals surface area contributed by atoms with Gasteiger partial charge in [-0.25, -0.2) is 0 Å². The smallest absolute Gasteiger partial charge is 0.246 e. The molecule has 2 aromatic carbocycles. The fourth-order valence-electron chi connectivity index (χ4n) is 5.02. The number of piperidine rings is 1. The van der Waals surface area contributed by atoms with Gasteiger partial charge in [0.25, 0.3) is 0 Å². The quantitative estimate of drug-likeness (QED) is 0.647. The van der Waals surface area contributed by atoms with Crippen LogP contribution in [-0.2, 0) is 32.1 Å². The second-order valence-electron chi connectivity index (χ2n) is 8.96. The van der Waals surface area contributed by atoms with Crippen LogP contribution in [0, 0.1) is 0 Å². The van der Waals surface area contributed by atoms with Gasteiger partial charge >= 0.3 is 0 Å². The molecule has 0 saturated carbocycles. The van der Waals surface area contributed by atoms with Crippen molar-refractivity contribution in [2.24, 2.45) is 5.73 Å². The lowest BCUT2D eigenvalue weighted by atomic mass is 9.83. The summed E-state index contributed by atoms with van der Waals surface area (Å²) >= 11 is 0. The molecular formula is C26H30N4O4. The van der Waals surface area contributed by atoms with E-state index in [1.807, 2.05) is 60.7 Å². The molecule has 8 heteroatoms. The number of nitrogens with one attached hydrogen (secondary N) is 1. The summed E-state index contributed by atoms with van der Waals surface area (Å²) in [6.07, 6.45) is 1.27. The molecule has 2 aliphatic heterocycles. The summed E-state index contributed by atoms with van der Waals surface area (Å²) < 4.78 is 0. The van der Waals surface area contributed by atoms with Gasteiger partial charge in [-0.2, -0.15) is 0 Å². The molecule has 1 atom stereocenters. The maximum Gasteiger partial charge on any atom is 0.246 e. The number of nitrogens with two attached hydrogens (primary N) is 1. The fourth-order valence-corrected chi connectivity index (χ4v) is 5.02. The highest BCUT2D eigenvalue weighted by molar-refractivity contribution is 5.97. The number of hydrogen-bond acceptors (Lipinski definition) is 4. The summed E-state index contributed by atoms with van der Waals surface area (Å²) in [5.41, 5.74) is 6.25. The predicted octanol–water partition coefficient (Wildman–Crippen LogP) is 1.38. The van der Waals surface area contributed by atoms with Gasteiger partial charge in [-0.15, -0.1) is 0 Å². The largest absolute Gasteiger partial charge is 0.368 e. The van der Waals surface area contributed by atoms with Crippen LogP contribution in [0.1, 0.15) is 36.8 Å². The summed E-state index contributed by atoms with van der Waals surface area (Å²) in [7, 11) is 0. The minimum Gasteiger partial charge on any atom is -0.368 e. The molecule has 4 rings (SSSR count). The molecule has 0 bridgehead atoms. The molecule has 4 amide bonds. The first-order chi connectivity index (χ1) is 16.4. The summed E-state index contributed by atoms with van der Waals surface area (Å²) in [5.74, 6) is -1.19. The van der Waals surface area contributed by atoms with E-state index < -0.39 is 17.5 Å². The Kier molecular flexibility index (Phi) is 6.95. The highest BCUT2D eigenvalue weighted by atomic mass is 16.2. The van der Waals surface area contributed by atoms with E-state index in [0.29, 0.717) is 26.1 Å². The molecule has 0 unspecified atom stereocenters.